The fourth-order valence-electron chi connectivity index (χ4n) is 4.43. The lowest BCUT2D eigenvalue weighted by molar-refractivity contribution is -0.126. The lowest BCUT2D eigenvalue weighted by Crippen LogP contribution is -2.52. The molecule has 9 nitrogen and oxygen atoms in total. The van der Waals surface area contributed by atoms with Gasteiger partial charge < -0.3 is 10.2 Å². The number of piperazine rings is 1. The van der Waals surface area contributed by atoms with Crippen molar-refractivity contribution in [2.45, 2.75) is 31.3 Å². The van der Waals surface area contributed by atoms with Gasteiger partial charge in [-0.15, -0.1) is 0 Å². The highest BCUT2D eigenvalue weighted by atomic mass is 32.2. The molecule has 1 fully saturated rings. The predicted octanol–water partition coefficient (Wildman–Crippen LogP) is 1.56. The Bertz CT molecular complexity index is 1200. The molecule has 4 rings (SSSR count). The fourth-order valence-corrected chi connectivity index (χ4v) is 5.85. The predicted molar refractivity (Wildman–Crippen MR) is 130 cm³/mol. The number of nitrogens with zero attached hydrogens (tertiary/aromatic N) is 3. The zero-order valence-electron chi connectivity index (χ0n) is 20.1. The molecule has 0 spiro atoms. The van der Waals surface area contributed by atoms with E-state index in [0.717, 1.165) is 4.90 Å². The van der Waals surface area contributed by atoms with Gasteiger partial charge in [0.1, 0.15) is 6.04 Å². The normalized spacial score (nSPS) is 18.1. The minimum absolute atomic E-state index is 0.139. The number of amides is 3. The third-order valence-corrected chi connectivity index (χ3v) is 8.41. The van der Waals surface area contributed by atoms with Gasteiger partial charge in [0.05, 0.1) is 16.0 Å². The largest absolute Gasteiger partial charge is 0.350 e. The highest BCUT2D eigenvalue weighted by Gasteiger charge is 2.43. The van der Waals surface area contributed by atoms with Crippen molar-refractivity contribution in [1.29, 1.82) is 0 Å². The van der Waals surface area contributed by atoms with E-state index in [1.807, 2.05) is 7.05 Å². The second-order valence-electron chi connectivity index (χ2n) is 9.28. The van der Waals surface area contributed by atoms with E-state index in [4.69, 9.17) is 0 Å². The number of fused-ring (bicyclic) bond motifs is 1. The number of likely N-dealkylation sites (N-methyl/N-ethyl adjacent to an activating group) is 1. The molecule has 2 aliphatic heterocycles. The molecule has 35 heavy (non-hydrogen) atoms. The maximum Gasteiger partial charge on any atom is 0.262 e. The molecule has 0 bridgehead atoms. The SMILES string of the molecule is CC(C)C(C(=O)NCc1ccc(S(=O)(=O)N2CCN(C)CC2)cc1)N1C(=O)c2ccccc2C1=O. The molecule has 1 N–H and O–H groups in total. The summed E-state index contributed by atoms with van der Waals surface area (Å²) in [5.74, 6) is -1.69. The molecule has 2 heterocycles. The van der Waals surface area contributed by atoms with Gasteiger partial charge in [-0.1, -0.05) is 38.1 Å². The highest BCUT2D eigenvalue weighted by Crippen LogP contribution is 2.27. The first kappa shape index (κ1) is 25.0. The Hall–Kier alpha value is -3.08. The van der Waals surface area contributed by atoms with Crippen molar-refractivity contribution in [3.8, 4) is 0 Å². The molecule has 0 saturated carbocycles. The monoisotopic (exact) mass is 498 g/mol. The molecule has 0 aliphatic carbocycles. The van der Waals surface area contributed by atoms with Crippen LogP contribution < -0.4 is 5.32 Å². The molecule has 10 heteroatoms. The van der Waals surface area contributed by atoms with Gasteiger partial charge in [-0.25, -0.2) is 8.42 Å². The lowest BCUT2D eigenvalue weighted by Gasteiger charge is -2.31. The van der Waals surface area contributed by atoms with E-state index in [1.165, 1.54) is 4.31 Å². The number of nitrogens with one attached hydrogen (secondary N) is 1. The van der Waals surface area contributed by atoms with Gasteiger partial charge in [0, 0.05) is 32.7 Å². The molecule has 3 amide bonds. The molecule has 186 valence electrons. The maximum atomic E-state index is 13.1. The molecule has 0 aromatic heterocycles. The van der Waals surface area contributed by atoms with E-state index in [9.17, 15) is 22.8 Å². The van der Waals surface area contributed by atoms with Crippen LogP contribution in [0.4, 0.5) is 0 Å². The summed E-state index contributed by atoms with van der Waals surface area (Å²) in [4.78, 5) is 42.2. The second kappa shape index (κ2) is 9.88. The smallest absolute Gasteiger partial charge is 0.262 e. The molecular formula is C25H30N4O5S. The van der Waals surface area contributed by atoms with Gasteiger partial charge in [0.15, 0.2) is 0 Å². The number of hydrogen-bond donors (Lipinski definition) is 1. The molecule has 1 saturated heterocycles. The van der Waals surface area contributed by atoms with Crippen LogP contribution in [0.2, 0.25) is 0 Å². The van der Waals surface area contributed by atoms with Gasteiger partial charge in [0.25, 0.3) is 11.8 Å². The van der Waals surface area contributed by atoms with E-state index in [2.05, 4.69) is 10.2 Å². The van der Waals surface area contributed by atoms with Crippen LogP contribution in [0.5, 0.6) is 0 Å². The Morgan fingerprint density at radius 1 is 0.914 bits per heavy atom. The first-order chi connectivity index (χ1) is 16.6. The lowest BCUT2D eigenvalue weighted by atomic mass is 10.0. The number of benzene rings is 2. The van der Waals surface area contributed by atoms with Gasteiger partial charge in [-0.05, 0) is 42.8 Å². The third kappa shape index (κ3) is 4.86. The van der Waals surface area contributed by atoms with Crippen LogP contribution in [0.25, 0.3) is 0 Å². The Labute approximate surface area is 205 Å². The standard InChI is InChI=1S/C25H30N4O5S/c1-17(2)22(29-24(31)20-6-4-5-7-21(20)25(29)32)23(30)26-16-18-8-10-19(11-9-18)35(33,34)28-14-12-27(3)13-15-28/h4-11,17,22H,12-16H2,1-3H3,(H,26,30). The van der Waals surface area contributed by atoms with Crippen LogP contribution in [0.3, 0.4) is 0 Å². The molecular weight excluding hydrogens is 468 g/mol. The fraction of sp³-hybridized carbons (Fsp3) is 0.400. The van der Waals surface area contributed by atoms with Crippen LogP contribution in [0.15, 0.2) is 53.4 Å². The molecule has 2 aromatic carbocycles. The van der Waals surface area contributed by atoms with Crippen molar-refractivity contribution in [1.82, 2.24) is 19.4 Å². The highest BCUT2D eigenvalue weighted by molar-refractivity contribution is 7.89. The quantitative estimate of drug-likeness (QED) is 0.581. The third-order valence-electron chi connectivity index (χ3n) is 6.49. The van der Waals surface area contributed by atoms with Crippen molar-refractivity contribution in [2.24, 2.45) is 5.92 Å². The number of carbonyl (C=O) groups excluding carboxylic acids is 3. The summed E-state index contributed by atoms with van der Waals surface area (Å²) in [5.41, 5.74) is 1.31. The summed E-state index contributed by atoms with van der Waals surface area (Å²) in [6, 6.07) is 12.0. The van der Waals surface area contributed by atoms with Crippen molar-refractivity contribution in [3.05, 3.63) is 65.2 Å². The van der Waals surface area contributed by atoms with E-state index in [1.54, 1.807) is 62.4 Å². The summed E-state index contributed by atoms with van der Waals surface area (Å²) in [5, 5.41) is 2.80. The van der Waals surface area contributed by atoms with E-state index < -0.39 is 33.8 Å². The second-order valence-corrected chi connectivity index (χ2v) is 11.2. The molecule has 1 atom stereocenters. The van der Waals surface area contributed by atoms with E-state index in [0.29, 0.717) is 42.9 Å². The number of imide groups is 1. The molecule has 0 radical (unpaired) electrons. The van der Waals surface area contributed by atoms with Gasteiger partial charge in [0.2, 0.25) is 15.9 Å². The first-order valence-corrected chi connectivity index (χ1v) is 13.1. The van der Waals surface area contributed by atoms with Crippen molar-refractivity contribution in [2.75, 3.05) is 33.2 Å². The van der Waals surface area contributed by atoms with Crippen LogP contribution >= 0.6 is 0 Å². The first-order valence-electron chi connectivity index (χ1n) is 11.6. The summed E-state index contributed by atoms with van der Waals surface area (Å²) in [7, 11) is -1.61. The average Bonchev–Trinajstić information content (AvgIpc) is 3.09. The van der Waals surface area contributed by atoms with Crippen LogP contribution in [0, 0.1) is 5.92 Å². The minimum atomic E-state index is -3.57. The van der Waals surface area contributed by atoms with Crippen LogP contribution in [-0.2, 0) is 21.4 Å². The van der Waals surface area contributed by atoms with Crippen LogP contribution in [0.1, 0.15) is 40.1 Å². The topological polar surface area (TPSA) is 107 Å². The Balaban J connectivity index is 1.43. The van der Waals surface area contributed by atoms with E-state index >= 15 is 0 Å². The van der Waals surface area contributed by atoms with Gasteiger partial charge >= 0.3 is 0 Å². The summed E-state index contributed by atoms with van der Waals surface area (Å²) in [6.45, 7) is 5.98. The Kier molecular flexibility index (Phi) is 7.07. The minimum Gasteiger partial charge on any atom is -0.350 e. The summed E-state index contributed by atoms with van der Waals surface area (Å²) >= 11 is 0. The molecule has 1 unspecified atom stereocenters. The summed E-state index contributed by atoms with van der Waals surface area (Å²) < 4.78 is 27.3. The number of carbonyl (C=O) groups is 3. The van der Waals surface area contributed by atoms with Crippen LogP contribution in [-0.4, -0.2) is 79.5 Å². The van der Waals surface area contributed by atoms with Crippen molar-refractivity contribution >= 4 is 27.7 Å². The number of rotatable bonds is 7. The maximum absolute atomic E-state index is 13.1. The zero-order valence-corrected chi connectivity index (χ0v) is 20.9. The van der Waals surface area contributed by atoms with Gasteiger partial charge in [-0.3, -0.25) is 19.3 Å². The number of sulfonamides is 1. The van der Waals surface area contributed by atoms with E-state index in [-0.39, 0.29) is 17.4 Å². The molecule has 2 aliphatic rings. The van der Waals surface area contributed by atoms with Crippen molar-refractivity contribution < 1.29 is 22.8 Å². The van der Waals surface area contributed by atoms with Gasteiger partial charge in [-0.2, -0.15) is 4.31 Å². The van der Waals surface area contributed by atoms with Crippen molar-refractivity contribution in [3.63, 3.8) is 0 Å². The Morgan fingerprint density at radius 3 is 1.97 bits per heavy atom. The molecule has 2 aromatic rings. The number of hydrogen-bond acceptors (Lipinski definition) is 6. The zero-order chi connectivity index (χ0) is 25.3. The Morgan fingerprint density at radius 2 is 1.46 bits per heavy atom. The average molecular weight is 499 g/mol. The summed E-state index contributed by atoms with van der Waals surface area (Å²) in [6.07, 6.45) is 0.